The summed E-state index contributed by atoms with van der Waals surface area (Å²) in [6.45, 7) is 3.19. The van der Waals surface area contributed by atoms with Crippen LogP contribution in [0.1, 0.15) is 45.8 Å². The number of fused-ring (bicyclic) bond motifs is 1. The predicted molar refractivity (Wildman–Crippen MR) is 147 cm³/mol. The lowest BCUT2D eigenvalue weighted by atomic mass is 10.1. The van der Waals surface area contributed by atoms with Gasteiger partial charge >= 0.3 is 13.7 Å². The van der Waals surface area contributed by atoms with Crippen LogP contribution in [0, 0.1) is 5.41 Å². The van der Waals surface area contributed by atoms with Gasteiger partial charge in [-0.1, -0.05) is 18.2 Å². The lowest BCUT2D eigenvalue weighted by Crippen LogP contribution is -2.37. The number of aromatic nitrogens is 4. The number of hydrogen-bond donors (Lipinski definition) is 4. The van der Waals surface area contributed by atoms with E-state index in [9.17, 15) is 9.36 Å². The second kappa shape index (κ2) is 11.9. The number of nitrogens with one attached hydrogen (secondary N) is 3. The van der Waals surface area contributed by atoms with Gasteiger partial charge in [0, 0.05) is 24.6 Å². The number of hydrogen-bond acceptors (Lipinski definition) is 12. The summed E-state index contributed by atoms with van der Waals surface area (Å²) in [4.78, 5) is 25.4. The highest BCUT2D eigenvalue weighted by Gasteiger charge is 2.36. The van der Waals surface area contributed by atoms with Crippen LogP contribution in [-0.2, 0) is 23.4 Å². The average Bonchev–Trinajstić information content (AvgIpc) is 3.63. The van der Waals surface area contributed by atoms with Crippen LogP contribution in [0.15, 0.2) is 36.7 Å². The maximum absolute atomic E-state index is 13.8. The van der Waals surface area contributed by atoms with E-state index in [0.717, 1.165) is 12.8 Å². The second-order valence-corrected chi connectivity index (χ2v) is 11.4. The molecular weight excluding hydrogens is 539 g/mol. The predicted octanol–water partition coefficient (Wildman–Crippen LogP) is 3.43. The largest absolute Gasteiger partial charge is 0.465 e. The average molecular weight is 573 g/mol. The molecule has 3 aromatic rings. The Bertz CT molecular complexity index is 1420. The topological polar surface area (TPSA) is 189 Å². The number of anilines is 2. The van der Waals surface area contributed by atoms with Crippen molar-refractivity contribution in [3.63, 3.8) is 0 Å². The number of carbonyl (C=O) groups excluding carboxylic acids is 1. The maximum Gasteiger partial charge on any atom is 0.459 e. The summed E-state index contributed by atoms with van der Waals surface area (Å²) < 4.78 is 38.2. The minimum Gasteiger partial charge on any atom is -0.465 e. The third kappa shape index (κ3) is 6.76. The standard InChI is InChI=1S/C25H33N8O6P/c1-3-36-24(34)15(2)32-40(35,39-18-7-5-4-6-8-18)37-13-19-11-16(26)12-20(38-19)33-14-28-21-22(29-17-9-10-17)30-25(27)31-23(21)33/h4-8,14-15,17,19-20,26H,3,9-13H2,1-2H3,(H,32,35)(H3,27,29,30,31)/t15-,19+,20-,40-/m1/s1. The van der Waals surface area contributed by atoms with Crippen molar-refractivity contribution in [2.75, 3.05) is 24.3 Å². The van der Waals surface area contributed by atoms with Crippen molar-refractivity contribution in [2.45, 2.75) is 63.9 Å². The molecule has 1 aromatic carbocycles. The summed E-state index contributed by atoms with van der Waals surface area (Å²) in [6, 6.07) is 7.87. The van der Waals surface area contributed by atoms with Gasteiger partial charge in [0.15, 0.2) is 17.0 Å². The van der Waals surface area contributed by atoms with Crippen molar-refractivity contribution in [1.82, 2.24) is 24.6 Å². The molecule has 214 valence electrons. The zero-order valence-electron chi connectivity index (χ0n) is 22.3. The quantitative estimate of drug-likeness (QED) is 0.183. The number of rotatable bonds is 12. The number of ether oxygens (including phenoxy) is 2. The molecule has 1 aliphatic heterocycles. The number of imidazole rings is 1. The number of nitrogens with zero attached hydrogens (tertiary/aromatic N) is 4. The fraction of sp³-hybridized carbons (Fsp3) is 0.480. The lowest BCUT2D eigenvalue weighted by molar-refractivity contribution is -0.144. The Labute approximate surface area is 231 Å². The summed E-state index contributed by atoms with van der Waals surface area (Å²) in [5.74, 6) is 0.365. The van der Waals surface area contributed by atoms with Gasteiger partial charge in [-0.05, 0) is 38.8 Å². The molecule has 0 amide bonds. The van der Waals surface area contributed by atoms with Gasteiger partial charge in [0.1, 0.15) is 18.0 Å². The van der Waals surface area contributed by atoms with E-state index in [-0.39, 0.29) is 25.6 Å². The van der Waals surface area contributed by atoms with Crippen LogP contribution in [0.4, 0.5) is 11.8 Å². The van der Waals surface area contributed by atoms with Crippen molar-refractivity contribution in [3.8, 4) is 5.75 Å². The fourth-order valence-electron chi connectivity index (χ4n) is 4.26. The van der Waals surface area contributed by atoms with Crippen molar-refractivity contribution >= 4 is 42.4 Å². The first kappa shape index (κ1) is 28.0. The Kier molecular flexibility index (Phi) is 8.31. The molecule has 5 rings (SSSR count). The summed E-state index contributed by atoms with van der Waals surface area (Å²) in [6.07, 6.45) is 3.00. The molecule has 5 N–H and O–H groups in total. The monoisotopic (exact) mass is 572 g/mol. The van der Waals surface area contributed by atoms with Crippen molar-refractivity contribution in [1.29, 1.82) is 5.41 Å². The van der Waals surface area contributed by atoms with Gasteiger partial charge in [0.25, 0.3) is 0 Å². The zero-order valence-corrected chi connectivity index (χ0v) is 23.2. The molecule has 2 fully saturated rings. The highest BCUT2D eigenvalue weighted by Crippen LogP contribution is 2.45. The Morgan fingerprint density at radius 3 is 2.77 bits per heavy atom. The number of nitrogens with two attached hydrogens (primary N) is 1. The number of benzene rings is 1. The van der Waals surface area contributed by atoms with E-state index >= 15 is 0 Å². The first-order valence-electron chi connectivity index (χ1n) is 13.1. The molecule has 0 radical (unpaired) electrons. The SMILES string of the molecule is CCOC(=O)[C@@H](C)N[P@@](=O)(OC[C@@H]1CC(=N)C[C@H](n2cnc3c(NC4CC4)nc(N)nc32)O1)Oc1ccccc1. The normalized spacial score (nSPS) is 21.5. The van der Waals surface area contributed by atoms with Gasteiger partial charge in [-0.3, -0.25) is 13.9 Å². The van der Waals surface area contributed by atoms with Crippen LogP contribution in [-0.4, -0.2) is 62.6 Å². The molecule has 15 heteroatoms. The van der Waals surface area contributed by atoms with Crippen LogP contribution in [0.5, 0.6) is 5.75 Å². The van der Waals surface area contributed by atoms with E-state index in [2.05, 4.69) is 25.4 Å². The molecule has 0 bridgehead atoms. The van der Waals surface area contributed by atoms with Gasteiger partial charge in [0.05, 0.1) is 25.6 Å². The van der Waals surface area contributed by atoms with E-state index in [1.54, 1.807) is 48.1 Å². The lowest BCUT2D eigenvalue weighted by Gasteiger charge is -2.32. The van der Waals surface area contributed by atoms with Crippen LogP contribution in [0.25, 0.3) is 11.2 Å². The molecule has 4 atom stereocenters. The summed E-state index contributed by atoms with van der Waals surface area (Å²) in [5, 5.41) is 14.4. The highest BCUT2D eigenvalue weighted by atomic mass is 31.2. The van der Waals surface area contributed by atoms with Crippen LogP contribution in [0.3, 0.4) is 0 Å². The van der Waals surface area contributed by atoms with Gasteiger partial charge < -0.3 is 30.5 Å². The van der Waals surface area contributed by atoms with E-state index in [1.165, 1.54) is 6.92 Å². The molecular formula is C25H33N8O6P. The maximum atomic E-state index is 13.8. The number of nitrogen functional groups attached to an aromatic ring is 1. The Morgan fingerprint density at radius 1 is 1.27 bits per heavy atom. The molecule has 0 unspecified atom stereocenters. The smallest absolute Gasteiger partial charge is 0.459 e. The van der Waals surface area contributed by atoms with Crippen molar-refractivity contribution < 1.29 is 27.9 Å². The van der Waals surface area contributed by atoms with E-state index < -0.39 is 32.1 Å². The second-order valence-electron chi connectivity index (χ2n) is 9.70. The zero-order chi connectivity index (χ0) is 28.3. The first-order valence-corrected chi connectivity index (χ1v) is 14.7. The van der Waals surface area contributed by atoms with Crippen LogP contribution in [0.2, 0.25) is 0 Å². The van der Waals surface area contributed by atoms with Gasteiger partial charge in [0.2, 0.25) is 5.95 Å². The molecule has 1 aliphatic carbocycles. The molecule has 1 saturated heterocycles. The first-order chi connectivity index (χ1) is 19.2. The number of carbonyl (C=O) groups is 1. The Morgan fingerprint density at radius 2 is 2.05 bits per heavy atom. The third-order valence-electron chi connectivity index (χ3n) is 6.30. The van der Waals surface area contributed by atoms with E-state index in [0.29, 0.717) is 40.9 Å². The molecule has 3 heterocycles. The Hall–Kier alpha value is -3.58. The van der Waals surface area contributed by atoms with E-state index in [1.807, 2.05) is 0 Å². The molecule has 2 aliphatic rings. The summed E-state index contributed by atoms with van der Waals surface area (Å²) >= 11 is 0. The summed E-state index contributed by atoms with van der Waals surface area (Å²) in [7, 11) is -4.07. The third-order valence-corrected chi connectivity index (χ3v) is 7.95. The van der Waals surface area contributed by atoms with Crippen molar-refractivity contribution in [2.24, 2.45) is 0 Å². The van der Waals surface area contributed by atoms with Gasteiger partial charge in [-0.2, -0.15) is 15.1 Å². The van der Waals surface area contributed by atoms with Crippen LogP contribution >= 0.6 is 7.75 Å². The molecule has 40 heavy (non-hydrogen) atoms. The minimum atomic E-state index is -4.07. The van der Waals surface area contributed by atoms with Gasteiger partial charge in [-0.15, -0.1) is 0 Å². The fourth-order valence-corrected chi connectivity index (χ4v) is 5.79. The van der Waals surface area contributed by atoms with Crippen LogP contribution < -0.4 is 20.7 Å². The Balaban J connectivity index is 1.32. The molecule has 14 nitrogen and oxygen atoms in total. The molecule has 1 saturated carbocycles. The van der Waals surface area contributed by atoms with Gasteiger partial charge in [-0.25, -0.2) is 9.55 Å². The molecule has 0 spiro atoms. The number of esters is 1. The van der Waals surface area contributed by atoms with E-state index in [4.69, 9.17) is 29.7 Å². The number of para-hydroxylation sites is 1. The minimum absolute atomic E-state index is 0.101. The highest BCUT2D eigenvalue weighted by molar-refractivity contribution is 7.52. The molecule has 2 aromatic heterocycles. The van der Waals surface area contributed by atoms with Crippen molar-refractivity contribution in [3.05, 3.63) is 36.7 Å². The summed E-state index contributed by atoms with van der Waals surface area (Å²) in [5.41, 5.74) is 7.44.